The molecule has 0 unspecified atom stereocenters. The van der Waals surface area contributed by atoms with Gasteiger partial charge in [-0.1, -0.05) is 27.7 Å². The number of hydrogen-bond acceptors (Lipinski definition) is 3. The molecule has 0 saturated carbocycles. The number of rotatable bonds is 7. The Kier molecular flexibility index (Phi) is 4.92. The lowest BCUT2D eigenvalue weighted by atomic mass is 9.83. The predicted molar refractivity (Wildman–Crippen MR) is 72.7 cm³/mol. The molecule has 0 fully saturated rings. The second-order valence-corrected chi connectivity index (χ2v) is 7.46. The van der Waals surface area contributed by atoms with Gasteiger partial charge in [0.2, 0.25) is 10.0 Å². The Morgan fingerprint density at radius 1 is 1.44 bits per heavy atom. The summed E-state index contributed by atoms with van der Waals surface area (Å²) in [6.45, 7) is 8.46. The zero-order valence-corrected chi connectivity index (χ0v) is 12.3. The van der Waals surface area contributed by atoms with Crippen molar-refractivity contribution in [3.8, 4) is 0 Å². The third-order valence-corrected chi connectivity index (χ3v) is 5.18. The monoisotopic (exact) mass is 273 g/mol. The Balaban J connectivity index is 2.45. The van der Waals surface area contributed by atoms with Gasteiger partial charge in [0.25, 0.3) is 0 Å². The Labute approximate surface area is 109 Å². The van der Waals surface area contributed by atoms with Crippen molar-refractivity contribution in [3.05, 3.63) is 18.0 Å². The van der Waals surface area contributed by atoms with Crippen LogP contribution in [0, 0.1) is 11.3 Å². The van der Waals surface area contributed by atoms with Crippen LogP contribution >= 0.6 is 0 Å². The topological polar surface area (TPSA) is 74.8 Å². The summed E-state index contributed by atoms with van der Waals surface area (Å²) in [6, 6.07) is 0. The summed E-state index contributed by atoms with van der Waals surface area (Å²) in [5, 5.41) is 6.52. The highest BCUT2D eigenvalue weighted by molar-refractivity contribution is 7.89. The molecule has 2 N–H and O–H groups in total. The first-order valence-corrected chi connectivity index (χ1v) is 7.83. The van der Waals surface area contributed by atoms with Crippen molar-refractivity contribution in [2.24, 2.45) is 11.3 Å². The molecule has 1 heterocycles. The van der Waals surface area contributed by atoms with Gasteiger partial charge in [0.05, 0.1) is 11.9 Å². The summed E-state index contributed by atoms with van der Waals surface area (Å²) in [5.74, 6) is 0.478. The Morgan fingerprint density at radius 2 is 2.11 bits per heavy atom. The molecule has 18 heavy (non-hydrogen) atoms. The lowest BCUT2D eigenvalue weighted by Gasteiger charge is -2.28. The SMILES string of the molecule is CC(C)C(C)(C)CS(=O)(=O)NCCc1cn[nH]c1. The third-order valence-electron chi connectivity index (χ3n) is 3.42. The zero-order chi connectivity index (χ0) is 13.8. The number of H-pyrrole nitrogens is 1. The number of hydrogen-bond donors (Lipinski definition) is 2. The molecule has 0 radical (unpaired) electrons. The maximum absolute atomic E-state index is 11.9. The highest BCUT2D eigenvalue weighted by Crippen LogP contribution is 2.27. The second kappa shape index (κ2) is 5.84. The molecule has 0 atom stereocenters. The van der Waals surface area contributed by atoms with Crippen molar-refractivity contribution < 1.29 is 8.42 Å². The summed E-state index contributed by atoms with van der Waals surface area (Å²) in [7, 11) is -3.22. The number of sulfonamides is 1. The minimum absolute atomic E-state index is 0.156. The van der Waals surface area contributed by atoms with Gasteiger partial charge >= 0.3 is 0 Å². The summed E-state index contributed by atoms with van der Waals surface area (Å²) in [4.78, 5) is 0. The van der Waals surface area contributed by atoms with Crippen molar-refractivity contribution in [1.82, 2.24) is 14.9 Å². The van der Waals surface area contributed by atoms with Crippen LogP contribution in [0.2, 0.25) is 0 Å². The fraction of sp³-hybridized carbons (Fsp3) is 0.750. The fourth-order valence-corrected chi connectivity index (χ4v) is 3.30. The smallest absolute Gasteiger partial charge is 0.212 e. The van der Waals surface area contributed by atoms with E-state index in [2.05, 4.69) is 14.9 Å². The van der Waals surface area contributed by atoms with Crippen molar-refractivity contribution in [3.63, 3.8) is 0 Å². The first kappa shape index (κ1) is 15.2. The minimum Gasteiger partial charge on any atom is -0.285 e. The number of nitrogens with one attached hydrogen (secondary N) is 2. The van der Waals surface area contributed by atoms with Crippen LogP contribution in [0.15, 0.2) is 12.4 Å². The third kappa shape index (κ3) is 4.78. The van der Waals surface area contributed by atoms with Crippen LogP contribution in [0.1, 0.15) is 33.3 Å². The highest BCUT2D eigenvalue weighted by atomic mass is 32.2. The molecular formula is C12H23N3O2S. The normalized spacial score (nSPS) is 13.2. The van der Waals surface area contributed by atoms with E-state index in [4.69, 9.17) is 0 Å². The average molecular weight is 273 g/mol. The Morgan fingerprint density at radius 3 is 2.61 bits per heavy atom. The Bertz CT molecular complexity index is 450. The van der Waals surface area contributed by atoms with Crippen LogP contribution in [0.5, 0.6) is 0 Å². The van der Waals surface area contributed by atoms with Crippen molar-refractivity contribution in [2.45, 2.75) is 34.1 Å². The van der Waals surface area contributed by atoms with Crippen molar-refractivity contribution in [2.75, 3.05) is 12.3 Å². The fourth-order valence-electron chi connectivity index (χ4n) is 1.47. The second-order valence-electron chi connectivity index (χ2n) is 5.65. The van der Waals surface area contributed by atoms with Gasteiger partial charge in [0.15, 0.2) is 0 Å². The van der Waals surface area contributed by atoms with Crippen LogP contribution in [0.25, 0.3) is 0 Å². The summed E-state index contributed by atoms with van der Waals surface area (Å²) in [6.07, 6.45) is 4.12. The van der Waals surface area contributed by atoms with E-state index in [0.717, 1.165) is 5.56 Å². The molecule has 1 aromatic heterocycles. The summed E-state index contributed by atoms with van der Waals surface area (Å²) < 4.78 is 26.5. The van der Waals surface area contributed by atoms with Gasteiger partial charge < -0.3 is 0 Å². The van der Waals surface area contributed by atoms with E-state index in [1.165, 1.54) is 0 Å². The summed E-state index contributed by atoms with van der Waals surface area (Å²) >= 11 is 0. The number of aromatic nitrogens is 2. The van der Waals surface area contributed by atoms with E-state index in [9.17, 15) is 8.42 Å². The molecule has 0 aliphatic rings. The average Bonchev–Trinajstić information content (AvgIpc) is 2.68. The maximum Gasteiger partial charge on any atom is 0.212 e. The molecule has 104 valence electrons. The molecule has 5 nitrogen and oxygen atoms in total. The standard InChI is InChI=1S/C12H23N3O2S/c1-10(2)12(3,4)9-18(16,17)15-6-5-11-7-13-14-8-11/h7-8,10,15H,5-6,9H2,1-4H3,(H,13,14). The first-order valence-electron chi connectivity index (χ1n) is 6.18. The van der Waals surface area contributed by atoms with Gasteiger partial charge in [-0.2, -0.15) is 5.10 Å². The van der Waals surface area contributed by atoms with Crippen molar-refractivity contribution >= 4 is 10.0 Å². The number of nitrogens with zero attached hydrogens (tertiary/aromatic N) is 1. The minimum atomic E-state index is -3.22. The van der Waals surface area contributed by atoms with Gasteiger partial charge in [0, 0.05) is 12.7 Å². The highest BCUT2D eigenvalue weighted by Gasteiger charge is 2.28. The van der Waals surface area contributed by atoms with E-state index >= 15 is 0 Å². The quantitative estimate of drug-likeness (QED) is 0.791. The molecular weight excluding hydrogens is 250 g/mol. The molecule has 0 amide bonds. The van der Waals surface area contributed by atoms with E-state index in [-0.39, 0.29) is 11.2 Å². The molecule has 0 bridgehead atoms. The summed E-state index contributed by atoms with van der Waals surface area (Å²) in [5.41, 5.74) is 0.780. The van der Waals surface area contributed by atoms with Gasteiger partial charge in [-0.25, -0.2) is 13.1 Å². The largest absolute Gasteiger partial charge is 0.285 e. The van der Waals surface area contributed by atoms with Crippen LogP contribution < -0.4 is 4.72 Å². The van der Waals surface area contributed by atoms with Crippen LogP contribution in [-0.4, -0.2) is 30.9 Å². The van der Waals surface area contributed by atoms with E-state index in [0.29, 0.717) is 18.9 Å². The van der Waals surface area contributed by atoms with Gasteiger partial charge in [-0.15, -0.1) is 0 Å². The molecule has 0 saturated heterocycles. The zero-order valence-electron chi connectivity index (χ0n) is 11.5. The van der Waals surface area contributed by atoms with Crippen LogP contribution in [0.3, 0.4) is 0 Å². The molecule has 0 aliphatic heterocycles. The van der Waals surface area contributed by atoms with Crippen LogP contribution in [0.4, 0.5) is 0 Å². The number of aromatic amines is 1. The molecule has 1 aromatic rings. The first-order chi connectivity index (χ1) is 8.23. The van der Waals surface area contributed by atoms with Crippen molar-refractivity contribution in [1.29, 1.82) is 0 Å². The molecule has 6 heteroatoms. The van der Waals surface area contributed by atoms with Gasteiger partial charge in [0.1, 0.15) is 0 Å². The Hall–Kier alpha value is -0.880. The lowest BCUT2D eigenvalue weighted by molar-refractivity contribution is 0.285. The van der Waals surface area contributed by atoms with Crippen LogP contribution in [-0.2, 0) is 16.4 Å². The predicted octanol–water partition coefficient (Wildman–Crippen LogP) is 1.55. The van der Waals surface area contributed by atoms with E-state index in [1.807, 2.05) is 27.7 Å². The lowest BCUT2D eigenvalue weighted by Crippen LogP contribution is -2.37. The molecule has 1 rings (SSSR count). The molecule has 0 aromatic carbocycles. The van der Waals surface area contributed by atoms with E-state index in [1.54, 1.807) is 12.4 Å². The maximum atomic E-state index is 11.9. The van der Waals surface area contributed by atoms with Gasteiger partial charge in [-0.05, 0) is 23.3 Å². The molecule has 0 spiro atoms. The van der Waals surface area contributed by atoms with E-state index < -0.39 is 10.0 Å². The molecule has 0 aliphatic carbocycles. The van der Waals surface area contributed by atoms with Gasteiger partial charge in [-0.3, -0.25) is 5.10 Å².